The first-order valence-electron chi connectivity index (χ1n) is 10.1. The van der Waals surface area contributed by atoms with Crippen LogP contribution in [-0.4, -0.2) is 63.6 Å². The molecule has 8 nitrogen and oxygen atoms in total. The highest BCUT2D eigenvalue weighted by Gasteiger charge is 2.32. The quantitative estimate of drug-likeness (QED) is 0.678. The number of nitrogens with zero attached hydrogens (tertiary/aromatic N) is 3. The van der Waals surface area contributed by atoms with E-state index in [1.165, 1.54) is 23.7 Å². The highest BCUT2D eigenvalue weighted by atomic mass is 32.2. The summed E-state index contributed by atoms with van der Waals surface area (Å²) in [7, 11) is -1.63. The Morgan fingerprint density at radius 1 is 1.37 bits per heavy atom. The number of rotatable bonds is 5. The van der Waals surface area contributed by atoms with Gasteiger partial charge in [-0.1, -0.05) is 13.0 Å². The number of nitrogens with two attached hydrogens (primary N) is 1. The average Bonchev–Trinajstić information content (AvgIpc) is 2.88. The van der Waals surface area contributed by atoms with Crippen LogP contribution in [0.5, 0.6) is 0 Å². The van der Waals surface area contributed by atoms with Crippen molar-refractivity contribution in [1.82, 2.24) is 9.62 Å². The van der Waals surface area contributed by atoms with Gasteiger partial charge in [0.25, 0.3) is 0 Å². The number of hydrogen-bond donors (Lipinski definition) is 2. The molecule has 0 bridgehead atoms. The predicted molar refractivity (Wildman–Crippen MR) is 116 cm³/mol. The number of guanidine groups is 1. The number of aliphatic imine (C=N–C) groups is 2. The minimum Gasteiger partial charge on any atom is -0.496 e. The van der Waals surface area contributed by atoms with Crippen molar-refractivity contribution in [2.45, 2.75) is 32.2 Å². The number of piperidine rings is 1. The van der Waals surface area contributed by atoms with Crippen LogP contribution < -0.4 is 11.1 Å². The second-order valence-corrected chi connectivity index (χ2v) is 9.83. The molecule has 166 valence electrons. The topological polar surface area (TPSA) is 109 Å². The molecule has 1 fully saturated rings. The van der Waals surface area contributed by atoms with E-state index in [1.807, 2.05) is 13.0 Å². The first-order chi connectivity index (χ1) is 14.2. The lowest BCUT2D eigenvalue weighted by molar-refractivity contribution is 0.293. The normalized spacial score (nSPS) is 25.2. The maximum absolute atomic E-state index is 14.7. The summed E-state index contributed by atoms with van der Waals surface area (Å²) in [6, 6.07) is 0.0856. The number of ether oxygens (including phenoxy) is 1. The molecule has 0 radical (unpaired) electrons. The molecule has 2 heterocycles. The molecule has 0 saturated carbocycles. The fourth-order valence-corrected chi connectivity index (χ4v) is 4.88. The van der Waals surface area contributed by atoms with E-state index in [0.29, 0.717) is 62.0 Å². The lowest BCUT2D eigenvalue weighted by Crippen LogP contribution is -2.47. The van der Waals surface area contributed by atoms with E-state index in [2.05, 4.69) is 15.3 Å². The Hall–Kier alpha value is -2.20. The zero-order valence-corrected chi connectivity index (χ0v) is 18.5. The van der Waals surface area contributed by atoms with Gasteiger partial charge in [-0.2, -0.15) is 0 Å². The van der Waals surface area contributed by atoms with E-state index in [4.69, 9.17) is 10.5 Å². The summed E-state index contributed by atoms with van der Waals surface area (Å²) in [5.41, 5.74) is 6.73. The van der Waals surface area contributed by atoms with Gasteiger partial charge in [-0.25, -0.2) is 22.1 Å². The molecule has 2 atom stereocenters. The molecule has 0 aromatic heterocycles. The van der Waals surface area contributed by atoms with Gasteiger partial charge in [-0.05, 0) is 37.3 Å². The number of allylic oxidation sites excluding steroid dienone is 5. The first kappa shape index (κ1) is 22.5. The standard InChI is InChI=1S/C20H30FN5O3S/c1-13(18-16(21)6-4-5-7-17(18)29-2)15-12-23-20(25-19(15)22)24-14-8-10-26(11-9-14)30(3,27)28/h5-7,13-15H,4,8-12H2,1-3H3,(H3,22,23,24,25)/t13-,15?/m1/s1. The van der Waals surface area contributed by atoms with Crippen molar-refractivity contribution in [1.29, 1.82) is 0 Å². The van der Waals surface area contributed by atoms with Crippen LogP contribution in [0.1, 0.15) is 26.2 Å². The smallest absolute Gasteiger partial charge is 0.219 e. The zero-order chi connectivity index (χ0) is 21.9. The van der Waals surface area contributed by atoms with Crippen LogP contribution in [0, 0.1) is 11.8 Å². The molecule has 10 heteroatoms. The molecule has 3 rings (SSSR count). The van der Waals surface area contributed by atoms with Gasteiger partial charge in [-0.3, -0.25) is 4.99 Å². The molecule has 3 aliphatic rings. The Kier molecular flexibility index (Phi) is 6.97. The molecule has 0 amide bonds. The predicted octanol–water partition coefficient (Wildman–Crippen LogP) is 1.69. The molecule has 1 unspecified atom stereocenters. The highest BCUT2D eigenvalue weighted by molar-refractivity contribution is 7.88. The number of sulfonamides is 1. The van der Waals surface area contributed by atoms with Gasteiger partial charge in [-0.15, -0.1) is 0 Å². The summed E-state index contributed by atoms with van der Waals surface area (Å²) >= 11 is 0. The number of methoxy groups -OCH3 is 1. The van der Waals surface area contributed by atoms with Crippen molar-refractivity contribution in [3.8, 4) is 0 Å². The van der Waals surface area contributed by atoms with Crippen LogP contribution in [-0.2, 0) is 14.8 Å². The van der Waals surface area contributed by atoms with Gasteiger partial charge in [0.05, 0.1) is 19.9 Å². The highest BCUT2D eigenvalue weighted by Crippen LogP contribution is 2.34. The molecule has 1 saturated heterocycles. The number of hydrogen-bond acceptors (Lipinski definition) is 7. The van der Waals surface area contributed by atoms with Crippen molar-refractivity contribution in [3.63, 3.8) is 0 Å². The second-order valence-electron chi connectivity index (χ2n) is 7.85. The van der Waals surface area contributed by atoms with Crippen LogP contribution in [0.15, 0.2) is 45.4 Å². The van der Waals surface area contributed by atoms with Gasteiger partial charge >= 0.3 is 0 Å². The molecular weight excluding hydrogens is 409 g/mol. The monoisotopic (exact) mass is 439 g/mol. The minimum atomic E-state index is -3.16. The van der Waals surface area contributed by atoms with Crippen LogP contribution in [0.25, 0.3) is 0 Å². The van der Waals surface area contributed by atoms with E-state index in [1.54, 1.807) is 6.08 Å². The lowest BCUT2D eigenvalue weighted by atomic mass is 9.84. The molecule has 0 aromatic rings. The van der Waals surface area contributed by atoms with Crippen molar-refractivity contribution in [2.75, 3.05) is 33.0 Å². The number of amidine groups is 1. The Balaban J connectivity index is 1.65. The van der Waals surface area contributed by atoms with E-state index < -0.39 is 10.0 Å². The van der Waals surface area contributed by atoms with Crippen LogP contribution >= 0.6 is 0 Å². The van der Waals surface area contributed by atoms with Gasteiger partial charge in [0.15, 0.2) is 0 Å². The fraction of sp³-hybridized carbons (Fsp3) is 0.600. The summed E-state index contributed by atoms with van der Waals surface area (Å²) in [4.78, 5) is 8.94. The van der Waals surface area contributed by atoms with Crippen molar-refractivity contribution >= 4 is 21.8 Å². The molecule has 3 N–H and O–H groups in total. The van der Waals surface area contributed by atoms with Crippen molar-refractivity contribution in [2.24, 2.45) is 27.6 Å². The van der Waals surface area contributed by atoms with E-state index in [0.717, 1.165) is 0 Å². The van der Waals surface area contributed by atoms with Crippen LogP contribution in [0.3, 0.4) is 0 Å². The number of halogens is 1. The third kappa shape index (κ3) is 5.10. The maximum atomic E-state index is 14.7. The van der Waals surface area contributed by atoms with Crippen LogP contribution in [0.2, 0.25) is 0 Å². The first-order valence-corrected chi connectivity index (χ1v) is 12.0. The molecule has 0 spiro atoms. The fourth-order valence-electron chi connectivity index (χ4n) is 4.01. The Bertz CT molecular complexity index is 915. The summed E-state index contributed by atoms with van der Waals surface area (Å²) in [6.07, 6.45) is 8.25. The lowest BCUT2D eigenvalue weighted by Gasteiger charge is -2.32. The molecule has 2 aliphatic heterocycles. The average molecular weight is 440 g/mol. The Labute approximate surface area is 177 Å². The maximum Gasteiger partial charge on any atom is 0.219 e. The van der Waals surface area contributed by atoms with Gasteiger partial charge < -0.3 is 15.8 Å². The summed E-state index contributed by atoms with van der Waals surface area (Å²) in [6.45, 7) is 3.23. The van der Waals surface area contributed by atoms with Gasteiger partial charge in [0.1, 0.15) is 17.4 Å². The van der Waals surface area contributed by atoms with Crippen molar-refractivity contribution in [3.05, 3.63) is 35.4 Å². The van der Waals surface area contributed by atoms with Crippen LogP contribution in [0.4, 0.5) is 4.39 Å². The summed E-state index contributed by atoms with van der Waals surface area (Å²) < 4.78 is 44.8. The summed E-state index contributed by atoms with van der Waals surface area (Å²) in [5.74, 6) is 0.540. The molecule has 0 aromatic carbocycles. The van der Waals surface area contributed by atoms with E-state index in [9.17, 15) is 12.8 Å². The molecule has 30 heavy (non-hydrogen) atoms. The van der Waals surface area contributed by atoms with Gasteiger partial charge in [0.2, 0.25) is 16.0 Å². The number of nitrogens with one attached hydrogen (secondary N) is 1. The molecular formula is C20H30FN5O3S. The Morgan fingerprint density at radius 3 is 2.67 bits per heavy atom. The summed E-state index contributed by atoms with van der Waals surface area (Å²) in [5, 5.41) is 3.27. The van der Waals surface area contributed by atoms with Crippen molar-refractivity contribution < 1.29 is 17.5 Å². The largest absolute Gasteiger partial charge is 0.496 e. The Morgan fingerprint density at radius 2 is 2.07 bits per heavy atom. The SMILES string of the molecule is COC1=C([C@H](C)C2CN=C(NC3CCN(S(C)(=O)=O)CC3)N=C2N)C(F)=CCC=C1. The molecule has 1 aliphatic carbocycles. The minimum absolute atomic E-state index is 0.0856. The van der Waals surface area contributed by atoms with E-state index in [-0.39, 0.29) is 23.7 Å². The van der Waals surface area contributed by atoms with Gasteiger partial charge in [0, 0.05) is 30.6 Å². The third-order valence-corrected chi connectivity index (χ3v) is 7.12. The third-order valence-electron chi connectivity index (χ3n) is 5.81. The second kappa shape index (κ2) is 9.30. The zero-order valence-electron chi connectivity index (χ0n) is 17.6. The van der Waals surface area contributed by atoms with E-state index >= 15 is 0 Å².